The summed E-state index contributed by atoms with van der Waals surface area (Å²) in [4.78, 5) is 13.8. The van der Waals surface area contributed by atoms with E-state index in [9.17, 15) is 15.0 Å². The van der Waals surface area contributed by atoms with Gasteiger partial charge in [0.2, 0.25) is 0 Å². The van der Waals surface area contributed by atoms with Gasteiger partial charge in [-0.2, -0.15) is 0 Å². The molecule has 0 aromatic heterocycles. The van der Waals surface area contributed by atoms with Crippen LogP contribution in [0.15, 0.2) is 16.8 Å². The van der Waals surface area contributed by atoms with E-state index in [1.807, 2.05) is 0 Å². The molecule has 0 radical (unpaired) electrons. The molecule has 1 rings (SSSR count). The van der Waals surface area contributed by atoms with Crippen molar-refractivity contribution in [2.75, 3.05) is 13.2 Å². The van der Waals surface area contributed by atoms with Crippen molar-refractivity contribution in [3.63, 3.8) is 0 Å². The van der Waals surface area contributed by atoms with Gasteiger partial charge in [-0.3, -0.25) is 0 Å². The summed E-state index contributed by atoms with van der Waals surface area (Å²) in [7, 11) is 0. The Balaban J connectivity index is 2.82. The Labute approximate surface area is 97.1 Å². The normalized spacial score (nSPS) is 30.1. The van der Waals surface area contributed by atoms with Crippen molar-refractivity contribution in [1.29, 1.82) is 0 Å². The third-order valence-electron chi connectivity index (χ3n) is 2.17. The van der Waals surface area contributed by atoms with Gasteiger partial charge in [0.1, 0.15) is 6.10 Å². The Hall–Kier alpha value is -1.60. The summed E-state index contributed by atoms with van der Waals surface area (Å²) < 4.78 is 9.61. The number of ether oxygens (including phenoxy) is 2. The lowest BCUT2D eigenvalue weighted by Gasteiger charge is -2.08. The molecular weight excluding hydrogens is 230 g/mol. The molecule has 1 heterocycles. The molecule has 1 aliphatic rings. The number of carbonyl (C=O) groups is 1. The van der Waals surface area contributed by atoms with E-state index in [0.29, 0.717) is 0 Å². The Morgan fingerprint density at radius 2 is 2.41 bits per heavy atom. The number of nitrogens with zero attached hydrogens (tertiary/aromatic N) is 3. The first kappa shape index (κ1) is 13.5. The Morgan fingerprint density at radius 3 is 3.00 bits per heavy atom. The fraction of sp³-hybridized carbons (Fsp3) is 0.667. The van der Waals surface area contributed by atoms with E-state index >= 15 is 0 Å². The number of esters is 1. The van der Waals surface area contributed by atoms with E-state index < -0.39 is 24.5 Å². The van der Waals surface area contributed by atoms with Crippen LogP contribution in [-0.2, 0) is 14.3 Å². The maximum atomic E-state index is 11.2. The van der Waals surface area contributed by atoms with E-state index in [-0.39, 0.29) is 18.7 Å². The molecule has 0 unspecified atom stereocenters. The van der Waals surface area contributed by atoms with Gasteiger partial charge in [-0.25, -0.2) is 4.79 Å². The molecule has 0 aromatic carbocycles. The average molecular weight is 243 g/mol. The first-order valence-electron chi connectivity index (χ1n) is 5.00. The van der Waals surface area contributed by atoms with Crippen LogP contribution in [0.1, 0.15) is 6.92 Å². The minimum absolute atomic E-state index is 0.115. The van der Waals surface area contributed by atoms with E-state index in [2.05, 4.69) is 14.8 Å². The van der Waals surface area contributed by atoms with E-state index in [4.69, 9.17) is 10.3 Å². The largest absolute Gasteiger partial charge is 0.463 e. The van der Waals surface area contributed by atoms with Gasteiger partial charge in [-0.15, -0.1) is 0 Å². The molecule has 0 aliphatic carbocycles. The highest BCUT2D eigenvalue weighted by molar-refractivity contribution is 5.83. The van der Waals surface area contributed by atoms with Gasteiger partial charge in [-0.05, 0) is 18.0 Å². The SMILES string of the molecule is CCOC(=O)/C=C1/[C@@H](O)[C@@H](O)O[C@@H]1CN=[N+]=[N-]. The van der Waals surface area contributed by atoms with Gasteiger partial charge in [-0.1, -0.05) is 5.11 Å². The molecule has 0 saturated carbocycles. The topological polar surface area (TPSA) is 125 Å². The van der Waals surface area contributed by atoms with Crippen molar-refractivity contribution in [2.45, 2.75) is 25.4 Å². The van der Waals surface area contributed by atoms with Crippen LogP contribution in [0.3, 0.4) is 0 Å². The predicted octanol–water partition coefficient (Wildman–Crippen LogP) is -0.136. The molecule has 0 bridgehead atoms. The van der Waals surface area contributed by atoms with Crippen LogP contribution in [0.5, 0.6) is 0 Å². The first-order chi connectivity index (χ1) is 8.10. The second-order valence-corrected chi connectivity index (χ2v) is 3.27. The van der Waals surface area contributed by atoms with Crippen LogP contribution < -0.4 is 0 Å². The first-order valence-corrected chi connectivity index (χ1v) is 5.00. The van der Waals surface area contributed by atoms with Gasteiger partial charge >= 0.3 is 5.97 Å². The van der Waals surface area contributed by atoms with Crippen molar-refractivity contribution < 1.29 is 24.5 Å². The van der Waals surface area contributed by atoms with Crippen LogP contribution in [-0.4, -0.2) is 47.8 Å². The molecule has 94 valence electrons. The molecule has 3 atom stereocenters. The van der Waals surface area contributed by atoms with E-state index in [1.165, 1.54) is 0 Å². The number of rotatable bonds is 4. The Bertz CT molecular complexity index is 364. The molecule has 1 fully saturated rings. The number of azide groups is 1. The van der Waals surface area contributed by atoms with Crippen LogP contribution in [0.4, 0.5) is 0 Å². The summed E-state index contributed by atoms with van der Waals surface area (Å²) in [5.74, 6) is -0.648. The van der Waals surface area contributed by atoms with Crippen LogP contribution in [0.25, 0.3) is 10.4 Å². The predicted molar refractivity (Wildman–Crippen MR) is 55.6 cm³/mol. The van der Waals surface area contributed by atoms with Gasteiger partial charge < -0.3 is 19.7 Å². The number of aliphatic hydroxyl groups is 2. The zero-order valence-electron chi connectivity index (χ0n) is 9.18. The zero-order valence-corrected chi connectivity index (χ0v) is 9.18. The van der Waals surface area contributed by atoms with Crippen molar-refractivity contribution in [3.8, 4) is 0 Å². The fourth-order valence-corrected chi connectivity index (χ4v) is 1.43. The van der Waals surface area contributed by atoms with Crippen LogP contribution >= 0.6 is 0 Å². The Morgan fingerprint density at radius 1 is 1.71 bits per heavy atom. The molecule has 17 heavy (non-hydrogen) atoms. The molecule has 1 saturated heterocycles. The molecule has 0 amide bonds. The third-order valence-corrected chi connectivity index (χ3v) is 2.17. The molecule has 2 N–H and O–H groups in total. The second-order valence-electron chi connectivity index (χ2n) is 3.27. The summed E-state index contributed by atoms with van der Waals surface area (Å²) >= 11 is 0. The molecular formula is C9H13N3O5. The van der Waals surface area contributed by atoms with Crippen LogP contribution in [0, 0.1) is 0 Å². The summed E-state index contributed by atoms with van der Waals surface area (Å²) in [5, 5.41) is 22.1. The summed E-state index contributed by atoms with van der Waals surface area (Å²) in [5.41, 5.74) is 8.32. The van der Waals surface area contributed by atoms with E-state index in [0.717, 1.165) is 6.08 Å². The maximum Gasteiger partial charge on any atom is 0.330 e. The van der Waals surface area contributed by atoms with Crippen molar-refractivity contribution in [3.05, 3.63) is 22.1 Å². The van der Waals surface area contributed by atoms with Gasteiger partial charge in [0.05, 0.1) is 19.3 Å². The quantitative estimate of drug-likeness (QED) is 0.234. The fourth-order valence-electron chi connectivity index (χ4n) is 1.43. The second kappa shape index (κ2) is 6.21. The number of hydrogen-bond acceptors (Lipinski definition) is 6. The summed E-state index contributed by atoms with van der Waals surface area (Å²) in [6.07, 6.45) is -2.53. The minimum Gasteiger partial charge on any atom is -0.463 e. The van der Waals surface area contributed by atoms with Crippen molar-refractivity contribution >= 4 is 5.97 Å². The molecule has 0 aromatic rings. The minimum atomic E-state index is -1.44. The number of aliphatic hydroxyl groups excluding tert-OH is 2. The lowest BCUT2D eigenvalue weighted by atomic mass is 10.1. The Kier molecular flexibility index (Phi) is 4.92. The zero-order chi connectivity index (χ0) is 12.8. The van der Waals surface area contributed by atoms with Gasteiger partial charge in [0.25, 0.3) is 0 Å². The van der Waals surface area contributed by atoms with Gasteiger partial charge in [0, 0.05) is 11.0 Å². The molecule has 8 heteroatoms. The number of carbonyl (C=O) groups excluding carboxylic acids is 1. The monoisotopic (exact) mass is 243 g/mol. The standard InChI is InChI=1S/C9H13N3O5/c1-2-16-7(13)3-5-6(4-11-12-10)17-9(15)8(5)14/h3,6,8-9,14-15H,2,4H2,1H3/b5-3+/t6-,8-,9+/m1/s1. The lowest BCUT2D eigenvalue weighted by molar-refractivity contribution is -0.137. The van der Waals surface area contributed by atoms with Crippen molar-refractivity contribution in [2.24, 2.45) is 5.11 Å². The highest BCUT2D eigenvalue weighted by atomic mass is 16.6. The van der Waals surface area contributed by atoms with E-state index in [1.54, 1.807) is 6.92 Å². The summed E-state index contributed by atoms with van der Waals surface area (Å²) in [6.45, 7) is 1.73. The molecule has 1 aliphatic heterocycles. The third kappa shape index (κ3) is 3.43. The highest BCUT2D eigenvalue weighted by Gasteiger charge is 2.37. The van der Waals surface area contributed by atoms with Gasteiger partial charge in [0.15, 0.2) is 6.29 Å². The smallest absolute Gasteiger partial charge is 0.330 e. The maximum absolute atomic E-state index is 11.2. The van der Waals surface area contributed by atoms with Crippen molar-refractivity contribution in [1.82, 2.24) is 0 Å². The lowest BCUT2D eigenvalue weighted by Crippen LogP contribution is -2.21. The average Bonchev–Trinajstić information content (AvgIpc) is 2.55. The summed E-state index contributed by atoms with van der Waals surface area (Å²) in [6, 6.07) is 0. The molecule has 0 spiro atoms. The molecule has 8 nitrogen and oxygen atoms in total. The number of hydrogen-bond donors (Lipinski definition) is 2. The van der Waals surface area contributed by atoms with Crippen LogP contribution in [0.2, 0.25) is 0 Å². The highest BCUT2D eigenvalue weighted by Crippen LogP contribution is 2.25.